The van der Waals surface area contributed by atoms with Gasteiger partial charge in [0.05, 0.1) is 24.5 Å². The molecule has 3 atom stereocenters. The zero-order chi connectivity index (χ0) is 26.7. The molecule has 7 heteroatoms. The van der Waals surface area contributed by atoms with Crippen LogP contribution >= 0.6 is 0 Å². The van der Waals surface area contributed by atoms with Crippen molar-refractivity contribution in [2.75, 3.05) is 23.5 Å². The molecular formula is C30H37FN2O4. The number of halogens is 1. The monoisotopic (exact) mass is 508 g/mol. The van der Waals surface area contributed by atoms with Crippen LogP contribution in [0.15, 0.2) is 49.1 Å². The van der Waals surface area contributed by atoms with E-state index in [1.807, 2.05) is 25.1 Å². The molecule has 1 saturated carbocycles. The third kappa shape index (κ3) is 5.97. The van der Waals surface area contributed by atoms with Gasteiger partial charge in [0.25, 0.3) is 0 Å². The summed E-state index contributed by atoms with van der Waals surface area (Å²) in [5.74, 6) is 1.17. The summed E-state index contributed by atoms with van der Waals surface area (Å²) in [6, 6.07) is 9.77. The van der Waals surface area contributed by atoms with Gasteiger partial charge in [-0.1, -0.05) is 19.1 Å². The minimum Gasteiger partial charge on any atom is -0.497 e. The molecule has 37 heavy (non-hydrogen) atoms. The molecule has 2 aliphatic rings. The molecule has 0 spiro atoms. The summed E-state index contributed by atoms with van der Waals surface area (Å²) in [6.45, 7) is 9.93. The van der Waals surface area contributed by atoms with Crippen LogP contribution in [0.2, 0.25) is 0 Å². The number of carbonyl (C=O) groups excluding carboxylic acids is 2. The van der Waals surface area contributed by atoms with Crippen LogP contribution in [0.25, 0.3) is 0 Å². The summed E-state index contributed by atoms with van der Waals surface area (Å²) in [5.41, 5.74) is 2.33. The van der Waals surface area contributed by atoms with Crippen LogP contribution in [-0.2, 0) is 4.79 Å². The number of methoxy groups -OCH3 is 1. The third-order valence-electron chi connectivity index (χ3n) is 7.65. The maximum atomic E-state index is 14.5. The van der Waals surface area contributed by atoms with E-state index in [1.54, 1.807) is 4.90 Å². The van der Waals surface area contributed by atoms with Crippen molar-refractivity contribution in [2.24, 2.45) is 11.8 Å². The fourth-order valence-electron chi connectivity index (χ4n) is 5.38. The quantitative estimate of drug-likeness (QED) is 0.340. The van der Waals surface area contributed by atoms with Gasteiger partial charge >= 0.3 is 6.09 Å². The first-order chi connectivity index (χ1) is 17.7. The van der Waals surface area contributed by atoms with Crippen molar-refractivity contribution in [2.45, 2.75) is 64.8 Å². The Morgan fingerprint density at radius 2 is 1.92 bits per heavy atom. The molecule has 1 fully saturated rings. The number of amides is 2. The first kappa shape index (κ1) is 26.7. The Morgan fingerprint density at radius 1 is 1.16 bits per heavy atom. The molecule has 1 heterocycles. The van der Waals surface area contributed by atoms with Gasteiger partial charge in [-0.25, -0.2) is 9.18 Å². The minimum absolute atomic E-state index is 0.100. The Labute approximate surface area is 219 Å². The first-order valence-corrected chi connectivity index (χ1v) is 13.1. The van der Waals surface area contributed by atoms with Gasteiger partial charge in [-0.2, -0.15) is 0 Å². The highest BCUT2D eigenvalue weighted by atomic mass is 19.1. The topological polar surface area (TPSA) is 59.1 Å². The van der Waals surface area contributed by atoms with Crippen molar-refractivity contribution in [3.63, 3.8) is 0 Å². The van der Waals surface area contributed by atoms with Crippen molar-refractivity contribution in [1.82, 2.24) is 0 Å². The largest absolute Gasteiger partial charge is 0.497 e. The number of nitrogens with zero attached hydrogens (tertiary/aromatic N) is 2. The van der Waals surface area contributed by atoms with E-state index in [0.29, 0.717) is 23.0 Å². The molecule has 0 aromatic heterocycles. The molecule has 1 aliphatic carbocycles. The Kier molecular flexibility index (Phi) is 8.20. The molecular weight excluding hydrogens is 471 g/mol. The lowest BCUT2D eigenvalue weighted by Gasteiger charge is -2.40. The number of ether oxygens (including phenoxy) is 2. The molecule has 198 valence electrons. The molecule has 0 saturated heterocycles. The van der Waals surface area contributed by atoms with E-state index >= 15 is 0 Å². The van der Waals surface area contributed by atoms with E-state index in [0.717, 1.165) is 30.7 Å². The second kappa shape index (κ2) is 11.4. The average molecular weight is 509 g/mol. The number of rotatable bonds is 9. The van der Waals surface area contributed by atoms with Gasteiger partial charge in [0.1, 0.15) is 5.75 Å². The number of hydrogen-bond acceptors (Lipinski definition) is 4. The van der Waals surface area contributed by atoms with Crippen LogP contribution in [0.5, 0.6) is 11.5 Å². The second-order valence-electron chi connectivity index (χ2n) is 10.4. The van der Waals surface area contributed by atoms with E-state index in [-0.39, 0.29) is 30.2 Å². The second-order valence-corrected chi connectivity index (χ2v) is 10.4. The van der Waals surface area contributed by atoms with Gasteiger partial charge in [-0.15, -0.1) is 6.58 Å². The van der Waals surface area contributed by atoms with Crippen molar-refractivity contribution in [1.29, 1.82) is 0 Å². The van der Waals surface area contributed by atoms with Crippen LogP contribution in [0.1, 0.15) is 64.4 Å². The van der Waals surface area contributed by atoms with E-state index in [1.165, 1.54) is 50.0 Å². The van der Waals surface area contributed by atoms with Crippen molar-refractivity contribution >= 4 is 23.4 Å². The number of benzene rings is 2. The van der Waals surface area contributed by atoms with Crippen LogP contribution < -0.4 is 19.3 Å². The smallest absolute Gasteiger partial charge is 0.419 e. The Hall–Kier alpha value is -3.35. The van der Waals surface area contributed by atoms with Gasteiger partial charge in [-0.05, 0) is 86.6 Å². The van der Waals surface area contributed by atoms with Gasteiger partial charge in [0.2, 0.25) is 5.91 Å². The van der Waals surface area contributed by atoms with E-state index in [9.17, 15) is 14.0 Å². The minimum atomic E-state index is -0.694. The van der Waals surface area contributed by atoms with Crippen LogP contribution in [0, 0.1) is 17.7 Å². The maximum Gasteiger partial charge on any atom is 0.419 e. The Morgan fingerprint density at radius 3 is 2.54 bits per heavy atom. The number of anilines is 2. The fourth-order valence-corrected chi connectivity index (χ4v) is 5.38. The number of carbonyl (C=O) groups is 2. The van der Waals surface area contributed by atoms with E-state index in [4.69, 9.17) is 9.47 Å². The molecule has 0 bridgehead atoms. The number of fused-ring (bicyclic) bond motifs is 1. The summed E-state index contributed by atoms with van der Waals surface area (Å²) < 4.78 is 25.1. The summed E-state index contributed by atoms with van der Waals surface area (Å²) in [5, 5.41) is 0. The SMILES string of the molecule is C=CCC(CCC(C)C1CC1)c1ccc2c(c1)N(C(=O)Oc1ccc(OC)cc1F)CC(C)N2C(C)=O. The van der Waals surface area contributed by atoms with E-state index in [2.05, 4.69) is 19.6 Å². The fraction of sp³-hybridized carbons (Fsp3) is 0.467. The summed E-state index contributed by atoms with van der Waals surface area (Å²) in [7, 11) is 1.44. The number of allylic oxidation sites excluding steroid dienone is 1. The lowest BCUT2D eigenvalue weighted by Crippen LogP contribution is -2.52. The van der Waals surface area contributed by atoms with Crippen LogP contribution in [-0.4, -0.2) is 31.7 Å². The lowest BCUT2D eigenvalue weighted by atomic mass is 9.86. The molecule has 0 N–H and O–H groups in total. The predicted octanol–water partition coefficient (Wildman–Crippen LogP) is 7.08. The lowest BCUT2D eigenvalue weighted by molar-refractivity contribution is -0.117. The molecule has 0 radical (unpaired) electrons. The van der Waals surface area contributed by atoms with Gasteiger partial charge in [-0.3, -0.25) is 9.69 Å². The van der Waals surface area contributed by atoms with Crippen molar-refractivity contribution < 1.29 is 23.5 Å². The molecule has 2 amide bonds. The van der Waals surface area contributed by atoms with E-state index < -0.39 is 11.9 Å². The summed E-state index contributed by atoms with van der Waals surface area (Å²) in [6.07, 6.45) is 6.89. The summed E-state index contributed by atoms with van der Waals surface area (Å²) in [4.78, 5) is 29.1. The predicted molar refractivity (Wildman–Crippen MR) is 144 cm³/mol. The standard InChI is InChI=1S/C30H37FN2O4/c1-6-7-23(9-8-19(2)22-10-11-22)24-12-14-27-28(16-24)32(18-20(3)33(27)21(4)34)30(35)37-29-15-13-25(36-5)17-26(29)31/h6,12-17,19-20,22-23H,1,7-11,18H2,2-5H3. The first-order valence-electron chi connectivity index (χ1n) is 13.1. The third-order valence-corrected chi connectivity index (χ3v) is 7.65. The molecule has 2 aromatic rings. The van der Waals surface area contributed by atoms with Gasteiger partial charge < -0.3 is 14.4 Å². The van der Waals surface area contributed by atoms with Crippen LogP contribution in [0.4, 0.5) is 20.6 Å². The Bertz CT molecular complexity index is 1160. The highest BCUT2D eigenvalue weighted by Crippen LogP contribution is 2.42. The molecule has 3 unspecified atom stereocenters. The Balaban J connectivity index is 1.65. The van der Waals surface area contributed by atoms with Crippen molar-refractivity contribution in [3.8, 4) is 11.5 Å². The zero-order valence-electron chi connectivity index (χ0n) is 22.2. The highest BCUT2D eigenvalue weighted by molar-refractivity contribution is 6.02. The normalized spacial score (nSPS) is 18.6. The maximum absolute atomic E-state index is 14.5. The zero-order valence-corrected chi connectivity index (χ0v) is 22.2. The molecule has 1 aliphatic heterocycles. The van der Waals surface area contributed by atoms with Gasteiger partial charge in [0, 0.05) is 19.5 Å². The molecule has 4 rings (SSSR count). The highest BCUT2D eigenvalue weighted by Gasteiger charge is 2.35. The average Bonchev–Trinajstić information content (AvgIpc) is 3.72. The number of hydrogen-bond donors (Lipinski definition) is 0. The van der Waals surface area contributed by atoms with Gasteiger partial charge in [0.15, 0.2) is 11.6 Å². The van der Waals surface area contributed by atoms with Crippen LogP contribution in [0.3, 0.4) is 0 Å². The van der Waals surface area contributed by atoms with Crippen molar-refractivity contribution in [3.05, 3.63) is 60.4 Å². The summed E-state index contributed by atoms with van der Waals surface area (Å²) >= 11 is 0. The molecule has 6 nitrogen and oxygen atoms in total. The molecule has 2 aromatic carbocycles.